The van der Waals surface area contributed by atoms with Gasteiger partial charge in [-0.15, -0.1) is 0 Å². The number of imidazole rings is 1. The first kappa shape index (κ1) is 8.75. The first-order chi connectivity index (χ1) is 6.36. The van der Waals surface area contributed by atoms with E-state index in [1.165, 1.54) is 31.5 Å². The number of aryl methyl sites for hydroxylation is 1. The molecule has 1 atom stereocenters. The minimum absolute atomic E-state index is 0.654. The van der Waals surface area contributed by atoms with Crippen LogP contribution in [-0.4, -0.2) is 22.1 Å². The summed E-state index contributed by atoms with van der Waals surface area (Å²) in [6.45, 7) is 4.36. The SMILES string of the molecule is Cc1cncn1CC1CCCCN1. The van der Waals surface area contributed by atoms with Gasteiger partial charge in [0.25, 0.3) is 0 Å². The van der Waals surface area contributed by atoms with E-state index in [2.05, 4.69) is 21.8 Å². The third kappa shape index (κ3) is 2.10. The Balaban J connectivity index is 1.93. The van der Waals surface area contributed by atoms with Gasteiger partial charge in [0.05, 0.1) is 6.33 Å². The van der Waals surface area contributed by atoms with Gasteiger partial charge >= 0.3 is 0 Å². The van der Waals surface area contributed by atoms with E-state index in [1.54, 1.807) is 0 Å². The van der Waals surface area contributed by atoms with Crippen LogP contribution in [-0.2, 0) is 6.54 Å². The maximum atomic E-state index is 4.12. The van der Waals surface area contributed by atoms with Crippen LogP contribution >= 0.6 is 0 Å². The van der Waals surface area contributed by atoms with Crippen molar-refractivity contribution in [3.8, 4) is 0 Å². The van der Waals surface area contributed by atoms with Crippen molar-refractivity contribution in [3.05, 3.63) is 18.2 Å². The van der Waals surface area contributed by atoms with Gasteiger partial charge in [0, 0.05) is 24.5 Å². The van der Waals surface area contributed by atoms with Gasteiger partial charge < -0.3 is 9.88 Å². The number of hydrogen-bond acceptors (Lipinski definition) is 2. The summed E-state index contributed by atoms with van der Waals surface area (Å²) in [6, 6.07) is 0.654. The summed E-state index contributed by atoms with van der Waals surface area (Å²) >= 11 is 0. The highest BCUT2D eigenvalue weighted by molar-refractivity contribution is 4.95. The zero-order valence-electron chi connectivity index (χ0n) is 8.16. The molecule has 72 valence electrons. The van der Waals surface area contributed by atoms with Crippen LogP contribution in [0.25, 0.3) is 0 Å². The molecule has 2 rings (SSSR count). The summed E-state index contributed by atoms with van der Waals surface area (Å²) in [7, 11) is 0. The molecule has 0 saturated carbocycles. The van der Waals surface area contributed by atoms with Gasteiger partial charge in [-0.1, -0.05) is 6.42 Å². The highest BCUT2D eigenvalue weighted by atomic mass is 15.1. The summed E-state index contributed by atoms with van der Waals surface area (Å²) in [5.74, 6) is 0. The lowest BCUT2D eigenvalue weighted by atomic mass is 10.1. The van der Waals surface area contributed by atoms with E-state index in [9.17, 15) is 0 Å². The minimum Gasteiger partial charge on any atom is -0.333 e. The molecule has 0 spiro atoms. The van der Waals surface area contributed by atoms with E-state index < -0.39 is 0 Å². The van der Waals surface area contributed by atoms with Crippen molar-refractivity contribution in [3.63, 3.8) is 0 Å². The summed E-state index contributed by atoms with van der Waals surface area (Å²) in [6.07, 6.45) is 7.84. The fourth-order valence-corrected chi connectivity index (χ4v) is 1.90. The lowest BCUT2D eigenvalue weighted by Crippen LogP contribution is -2.37. The highest BCUT2D eigenvalue weighted by Crippen LogP contribution is 2.09. The van der Waals surface area contributed by atoms with Crippen LogP contribution in [0.2, 0.25) is 0 Å². The van der Waals surface area contributed by atoms with Crippen molar-refractivity contribution in [2.75, 3.05) is 6.54 Å². The van der Waals surface area contributed by atoms with Crippen LogP contribution in [0, 0.1) is 6.92 Å². The monoisotopic (exact) mass is 179 g/mol. The van der Waals surface area contributed by atoms with Gasteiger partial charge in [0.2, 0.25) is 0 Å². The van der Waals surface area contributed by atoms with E-state index in [-0.39, 0.29) is 0 Å². The van der Waals surface area contributed by atoms with Crippen LogP contribution in [0.4, 0.5) is 0 Å². The molecule has 2 heterocycles. The van der Waals surface area contributed by atoms with E-state index in [0.717, 1.165) is 6.54 Å². The lowest BCUT2D eigenvalue weighted by molar-refractivity contribution is 0.361. The summed E-state index contributed by atoms with van der Waals surface area (Å²) in [5.41, 5.74) is 1.26. The number of rotatable bonds is 2. The molecule has 1 aliphatic rings. The zero-order chi connectivity index (χ0) is 9.10. The van der Waals surface area contributed by atoms with Crippen LogP contribution < -0.4 is 5.32 Å². The first-order valence-corrected chi connectivity index (χ1v) is 5.06. The minimum atomic E-state index is 0.654. The number of hydrogen-bond donors (Lipinski definition) is 1. The third-order valence-corrected chi connectivity index (χ3v) is 2.75. The Morgan fingerprint density at radius 1 is 1.62 bits per heavy atom. The van der Waals surface area contributed by atoms with Crippen molar-refractivity contribution in [1.29, 1.82) is 0 Å². The van der Waals surface area contributed by atoms with E-state index in [4.69, 9.17) is 0 Å². The van der Waals surface area contributed by atoms with Gasteiger partial charge in [-0.05, 0) is 26.3 Å². The zero-order valence-corrected chi connectivity index (χ0v) is 8.16. The predicted molar refractivity (Wildman–Crippen MR) is 52.6 cm³/mol. The molecule has 0 radical (unpaired) electrons. The average Bonchev–Trinajstić information content (AvgIpc) is 2.54. The third-order valence-electron chi connectivity index (χ3n) is 2.75. The van der Waals surface area contributed by atoms with Gasteiger partial charge in [-0.25, -0.2) is 4.98 Å². The Bertz CT molecular complexity index is 261. The van der Waals surface area contributed by atoms with Gasteiger partial charge in [0.15, 0.2) is 0 Å². The molecule has 1 unspecified atom stereocenters. The fourth-order valence-electron chi connectivity index (χ4n) is 1.90. The number of nitrogens with one attached hydrogen (secondary N) is 1. The second-order valence-electron chi connectivity index (χ2n) is 3.83. The van der Waals surface area contributed by atoms with E-state index in [0.29, 0.717) is 6.04 Å². The van der Waals surface area contributed by atoms with Gasteiger partial charge in [0.1, 0.15) is 0 Å². The predicted octanol–water partition coefficient (Wildman–Crippen LogP) is 1.33. The quantitative estimate of drug-likeness (QED) is 0.742. The normalized spacial score (nSPS) is 23.3. The molecule has 1 N–H and O–H groups in total. The molecule has 0 aliphatic carbocycles. The molecule has 1 aromatic rings. The topological polar surface area (TPSA) is 29.9 Å². The highest BCUT2D eigenvalue weighted by Gasteiger charge is 2.12. The summed E-state index contributed by atoms with van der Waals surface area (Å²) < 4.78 is 2.23. The second kappa shape index (κ2) is 3.92. The Hall–Kier alpha value is -0.830. The maximum Gasteiger partial charge on any atom is 0.0948 e. The van der Waals surface area contributed by atoms with Crippen molar-refractivity contribution in [2.24, 2.45) is 0 Å². The van der Waals surface area contributed by atoms with E-state index >= 15 is 0 Å². The van der Waals surface area contributed by atoms with Crippen molar-refractivity contribution >= 4 is 0 Å². The molecule has 0 aromatic carbocycles. The second-order valence-corrected chi connectivity index (χ2v) is 3.83. The molecule has 3 heteroatoms. The number of nitrogens with zero attached hydrogens (tertiary/aromatic N) is 2. The summed E-state index contributed by atoms with van der Waals surface area (Å²) in [5, 5.41) is 3.54. The smallest absolute Gasteiger partial charge is 0.0948 e. The Morgan fingerprint density at radius 3 is 3.15 bits per heavy atom. The Kier molecular flexibility index (Phi) is 2.64. The van der Waals surface area contributed by atoms with Gasteiger partial charge in [-0.3, -0.25) is 0 Å². The Morgan fingerprint density at radius 2 is 2.54 bits per heavy atom. The molecule has 3 nitrogen and oxygen atoms in total. The molecule has 0 amide bonds. The summed E-state index contributed by atoms with van der Waals surface area (Å²) in [4.78, 5) is 4.12. The number of aromatic nitrogens is 2. The van der Waals surface area contributed by atoms with Crippen molar-refractivity contribution < 1.29 is 0 Å². The lowest BCUT2D eigenvalue weighted by Gasteiger charge is -2.24. The van der Waals surface area contributed by atoms with Crippen LogP contribution in [0.3, 0.4) is 0 Å². The molecular weight excluding hydrogens is 162 g/mol. The maximum absolute atomic E-state index is 4.12. The van der Waals surface area contributed by atoms with Crippen LogP contribution in [0.15, 0.2) is 12.5 Å². The van der Waals surface area contributed by atoms with E-state index in [1.807, 2.05) is 12.5 Å². The Labute approximate surface area is 79.2 Å². The van der Waals surface area contributed by atoms with Crippen molar-refractivity contribution in [1.82, 2.24) is 14.9 Å². The molecule has 13 heavy (non-hydrogen) atoms. The molecular formula is C10H17N3. The number of piperidine rings is 1. The molecule has 1 fully saturated rings. The molecule has 1 aliphatic heterocycles. The van der Waals surface area contributed by atoms with Crippen molar-refractivity contribution in [2.45, 2.75) is 38.8 Å². The fraction of sp³-hybridized carbons (Fsp3) is 0.700. The first-order valence-electron chi connectivity index (χ1n) is 5.06. The molecule has 1 aromatic heterocycles. The van der Waals surface area contributed by atoms with Crippen LogP contribution in [0.5, 0.6) is 0 Å². The molecule has 1 saturated heterocycles. The van der Waals surface area contributed by atoms with Gasteiger partial charge in [-0.2, -0.15) is 0 Å². The average molecular weight is 179 g/mol. The largest absolute Gasteiger partial charge is 0.333 e. The molecule has 0 bridgehead atoms. The standard InChI is InChI=1S/C10H17N3/c1-9-6-11-8-13(9)7-10-4-2-3-5-12-10/h6,8,10,12H,2-5,7H2,1H3. The van der Waals surface area contributed by atoms with Crippen LogP contribution in [0.1, 0.15) is 25.0 Å².